The van der Waals surface area contributed by atoms with Gasteiger partial charge in [0.1, 0.15) is 17.1 Å². The Morgan fingerprint density at radius 1 is 1.31 bits per heavy atom. The van der Waals surface area contributed by atoms with Crippen LogP contribution in [-0.2, 0) is 13.2 Å². The molecule has 13 heteroatoms. The molecule has 2 aromatic heterocycles. The SMILES string of the molecule is Cn1cc(Nc2ncc(C(F)(F)F)c(Nc3cccc(OC(N)=O)c3)n2)c(Cl)n1. The number of amides is 1. The lowest BCUT2D eigenvalue weighted by atomic mass is 10.2. The third kappa shape index (κ3) is 5.04. The summed E-state index contributed by atoms with van der Waals surface area (Å²) >= 11 is 5.93. The van der Waals surface area contributed by atoms with Gasteiger partial charge in [-0.25, -0.2) is 9.78 Å². The summed E-state index contributed by atoms with van der Waals surface area (Å²) in [5.41, 5.74) is 4.34. The quantitative estimate of drug-likeness (QED) is 0.566. The highest BCUT2D eigenvalue weighted by molar-refractivity contribution is 6.32. The Bertz CT molecular complexity index is 1060. The Hall–Kier alpha value is -3.54. The molecule has 3 aromatic rings. The van der Waals surface area contributed by atoms with Crippen molar-refractivity contribution in [3.8, 4) is 5.75 Å². The van der Waals surface area contributed by atoms with Crippen LogP contribution in [0.3, 0.4) is 0 Å². The van der Waals surface area contributed by atoms with Crippen molar-refractivity contribution in [3.63, 3.8) is 0 Å². The number of aryl methyl sites for hydroxylation is 1. The number of carbonyl (C=O) groups is 1. The minimum absolute atomic E-state index is 0.0469. The summed E-state index contributed by atoms with van der Waals surface area (Å²) in [6.45, 7) is 0. The number of halogens is 4. The second-order valence-electron chi connectivity index (χ2n) is 5.66. The zero-order valence-corrected chi connectivity index (χ0v) is 15.4. The minimum Gasteiger partial charge on any atom is -0.410 e. The summed E-state index contributed by atoms with van der Waals surface area (Å²) in [5, 5.41) is 9.25. The summed E-state index contributed by atoms with van der Waals surface area (Å²) in [7, 11) is 1.62. The Labute approximate surface area is 166 Å². The summed E-state index contributed by atoms with van der Waals surface area (Å²) in [5.74, 6) is -0.614. The zero-order valence-electron chi connectivity index (χ0n) is 14.7. The summed E-state index contributed by atoms with van der Waals surface area (Å²) in [6.07, 6.45) is -3.62. The maximum atomic E-state index is 13.4. The van der Waals surface area contributed by atoms with Crippen molar-refractivity contribution in [3.05, 3.63) is 47.4 Å². The van der Waals surface area contributed by atoms with Gasteiger partial charge < -0.3 is 21.1 Å². The fourth-order valence-electron chi connectivity index (χ4n) is 2.30. The smallest absolute Gasteiger partial charge is 0.410 e. The van der Waals surface area contributed by atoms with E-state index in [0.717, 1.165) is 0 Å². The van der Waals surface area contributed by atoms with Gasteiger partial charge in [-0.2, -0.15) is 23.3 Å². The highest BCUT2D eigenvalue weighted by Gasteiger charge is 2.35. The molecule has 0 saturated heterocycles. The second-order valence-corrected chi connectivity index (χ2v) is 6.02. The predicted molar refractivity (Wildman–Crippen MR) is 98.5 cm³/mol. The van der Waals surface area contributed by atoms with Crippen LogP contribution in [-0.4, -0.2) is 25.8 Å². The molecule has 0 fully saturated rings. The molecule has 0 spiro atoms. The molecule has 4 N–H and O–H groups in total. The van der Waals surface area contributed by atoms with Gasteiger partial charge in [-0.15, -0.1) is 0 Å². The fraction of sp³-hybridized carbons (Fsp3) is 0.125. The maximum Gasteiger partial charge on any atom is 0.421 e. The summed E-state index contributed by atoms with van der Waals surface area (Å²) < 4.78 is 46.2. The zero-order chi connectivity index (χ0) is 21.2. The van der Waals surface area contributed by atoms with E-state index in [1.54, 1.807) is 7.05 Å². The summed E-state index contributed by atoms with van der Waals surface area (Å²) in [4.78, 5) is 18.4. The molecule has 29 heavy (non-hydrogen) atoms. The van der Waals surface area contributed by atoms with Crippen molar-refractivity contribution in [2.45, 2.75) is 6.18 Å². The number of benzene rings is 1. The molecule has 1 amide bonds. The topological polar surface area (TPSA) is 120 Å². The Morgan fingerprint density at radius 2 is 2.07 bits per heavy atom. The molecule has 1 aromatic carbocycles. The highest BCUT2D eigenvalue weighted by Crippen LogP contribution is 2.36. The molecule has 9 nitrogen and oxygen atoms in total. The molecule has 0 aliphatic heterocycles. The van der Waals surface area contributed by atoms with Gasteiger partial charge in [-0.1, -0.05) is 17.7 Å². The number of aromatic nitrogens is 4. The van der Waals surface area contributed by atoms with Crippen LogP contribution < -0.4 is 21.1 Å². The van der Waals surface area contributed by atoms with Crippen LogP contribution in [0.15, 0.2) is 36.7 Å². The predicted octanol–water partition coefficient (Wildman–Crippen LogP) is 3.83. The molecule has 0 radical (unpaired) electrons. The van der Waals surface area contributed by atoms with Crippen LogP contribution in [0.4, 0.5) is 41.1 Å². The average molecular weight is 428 g/mol. The van der Waals surface area contributed by atoms with Gasteiger partial charge >= 0.3 is 12.3 Å². The molecule has 0 bridgehead atoms. The Morgan fingerprint density at radius 3 is 2.69 bits per heavy atom. The lowest BCUT2D eigenvalue weighted by Gasteiger charge is -2.15. The van der Waals surface area contributed by atoms with Crippen molar-refractivity contribution in [1.29, 1.82) is 0 Å². The van der Waals surface area contributed by atoms with E-state index >= 15 is 0 Å². The van der Waals surface area contributed by atoms with E-state index in [0.29, 0.717) is 11.9 Å². The van der Waals surface area contributed by atoms with Crippen molar-refractivity contribution in [1.82, 2.24) is 19.7 Å². The number of hydrogen-bond donors (Lipinski definition) is 3. The second kappa shape index (κ2) is 7.83. The Balaban J connectivity index is 1.94. The van der Waals surface area contributed by atoms with E-state index in [4.69, 9.17) is 22.1 Å². The van der Waals surface area contributed by atoms with Crippen LogP contribution in [0.1, 0.15) is 5.56 Å². The monoisotopic (exact) mass is 427 g/mol. The van der Waals surface area contributed by atoms with E-state index < -0.39 is 23.7 Å². The van der Waals surface area contributed by atoms with Gasteiger partial charge in [0.05, 0.1) is 5.69 Å². The van der Waals surface area contributed by atoms with E-state index in [1.165, 1.54) is 35.1 Å². The van der Waals surface area contributed by atoms with E-state index in [1.807, 2.05) is 0 Å². The number of nitrogens with zero attached hydrogens (tertiary/aromatic N) is 4. The molecule has 3 rings (SSSR count). The number of carbonyl (C=O) groups excluding carboxylic acids is 1. The normalized spacial score (nSPS) is 11.2. The molecule has 152 valence electrons. The Kier molecular flexibility index (Phi) is 5.46. The number of hydrogen-bond acceptors (Lipinski definition) is 7. The number of alkyl halides is 3. The number of nitrogens with two attached hydrogens (primary N) is 1. The minimum atomic E-state index is -4.71. The van der Waals surface area contributed by atoms with Crippen LogP contribution in [0, 0.1) is 0 Å². The first kappa shape index (κ1) is 20.2. The molecule has 0 unspecified atom stereocenters. The van der Waals surface area contributed by atoms with Crippen LogP contribution >= 0.6 is 11.6 Å². The van der Waals surface area contributed by atoms with Gasteiger partial charge in [0.15, 0.2) is 5.15 Å². The number of nitrogens with one attached hydrogen (secondary N) is 2. The molecular weight excluding hydrogens is 415 g/mol. The largest absolute Gasteiger partial charge is 0.421 e. The van der Waals surface area contributed by atoms with Crippen molar-refractivity contribution in [2.75, 3.05) is 10.6 Å². The number of primary amides is 1. The highest BCUT2D eigenvalue weighted by atomic mass is 35.5. The molecule has 0 aliphatic rings. The van der Waals surface area contributed by atoms with Gasteiger partial charge in [-0.05, 0) is 12.1 Å². The molecular formula is C16H13ClF3N7O2. The first-order valence-corrected chi connectivity index (χ1v) is 8.24. The summed E-state index contributed by atoms with van der Waals surface area (Å²) in [6, 6.07) is 5.63. The van der Waals surface area contributed by atoms with Crippen molar-refractivity contribution < 1.29 is 22.7 Å². The standard InChI is InChI=1S/C16H13ClF3N7O2/c1-27-7-11(12(17)26-27)24-15-22-6-10(16(18,19)20)13(25-15)23-8-3-2-4-9(5-8)29-14(21)28/h2-7H,1H3,(H2,21,28)(H2,22,23,24,25). The number of rotatable bonds is 5. The molecule has 0 aliphatic carbocycles. The van der Waals surface area contributed by atoms with E-state index in [2.05, 4.69) is 25.7 Å². The molecule has 0 saturated carbocycles. The van der Waals surface area contributed by atoms with Gasteiger partial charge in [0.25, 0.3) is 0 Å². The van der Waals surface area contributed by atoms with Crippen molar-refractivity contribution >= 4 is 40.8 Å². The number of ether oxygens (including phenoxy) is 1. The van der Waals surface area contributed by atoms with E-state index in [-0.39, 0.29) is 22.5 Å². The fourth-order valence-corrected chi connectivity index (χ4v) is 2.52. The lowest BCUT2D eigenvalue weighted by Crippen LogP contribution is -2.16. The lowest BCUT2D eigenvalue weighted by molar-refractivity contribution is -0.137. The third-order valence-electron chi connectivity index (χ3n) is 3.44. The van der Waals surface area contributed by atoms with E-state index in [9.17, 15) is 18.0 Å². The van der Waals surface area contributed by atoms with Gasteiger partial charge in [0.2, 0.25) is 5.95 Å². The van der Waals surface area contributed by atoms with Gasteiger partial charge in [0, 0.05) is 31.2 Å². The maximum absolute atomic E-state index is 13.4. The van der Waals surface area contributed by atoms with Crippen LogP contribution in [0.5, 0.6) is 5.75 Å². The molecule has 2 heterocycles. The first-order chi connectivity index (χ1) is 13.6. The van der Waals surface area contributed by atoms with Crippen molar-refractivity contribution in [2.24, 2.45) is 12.8 Å². The van der Waals surface area contributed by atoms with Crippen LogP contribution in [0.2, 0.25) is 5.15 Å². The average Bonchev–Trinajstić information content (AvgIpc) is 2.91. The molecule has 0 atom stereocenters. The third-order valence-corrected chi connectivity index (χ3v) is 3.72. The van der Waals surface area contributed by atoms with Crippen LogP contribution in [0.25, 0.3) is 0 Å². The van der Waals surface area contributed by atoms with Gasteiger partial charge in [-0.3, -0.25) is 4.68 Å². The first-order valence-electron chi connectivity index (χ1n) is 7.86. The number of anilines is 4.